The van der Waals surface area contributed by atoms with E-state index in [4.69, 9.17) is 10.1 Å². The zero-order chi connectivity index (χ0) is 22.6. The van der Waals surface area contributed by atoms with E-state index in [9.17, 15) is 4.79 Å². The van der Waals surface area contributed by atoms with E-state index >= 15 is 0 Å². The van der Waals surface area contributed by atoms with E-state index in [2.05, 4.69) is 50.0 Å². The molecule has 6 heteroatoms. The first kappa shape index (κ1) is 21.0. The van der Waals surface area contributed by atoms with Gasteiger partial charge in [-0.2, -0.15) is 5.10 Å². The number of nitrogens with one attached hydrogen (secondary N) is 1. The number of benzene rings is 1. The Morgan fingerprint density at radius 2 is 1.81 bits per heavy atom. The second-order valence-electron chi connectivity index (χ2n) is 10.4. The number of hydrogen-bond donors (Lipinski definition) is 1. The van der Waals surface area contributed by atoms with Gasteiger partial charge in [-0.05, 0) is 90.1 Å². The van der Waals surface area contributed by atoms with Crippen LogP contribution in [0.25, 0.3) is 11.0 Å². The Morgan fingerprint density at radius 3 is 2.44 bits per heavy atom. The Hall–Kier alpha value is -2.89. The van der Waals surface area contributed by atoms with Crippen LogP contribution in [-0.4, -0.2) is 33.8 Å². The van der Waals surface area contributed by atoms with Crippen LogP contribution in [0.15, 0.2) is 24.3 Å². The van der Waals surface area contributed by atoms with Crippen molar-refractivity contribution in [3.8, 4) is 0 Å². The lowest BCUT2D eigenvalue weighted by Crippen LogP contribution is -2.24. The van der Waals surface area contributed by atoms with E-state index in [0.29, 0.717) is 11.5 Å². The molecule has 1 aliphatic heterocycles. The maximum Gasteiger partial charge on any atom is 0.256 e. The Labute approximate surface area is 190 Å². The number of carbonyl (C=O) groups is 1. The SMILES string of the molecule is Cc1cc(NC(=O)c2cc(C3CC3)nc3c2c(C)nn3C(C)(C)C)ccc1N1CCCC1. The molecule has 0 unspecified atom stereocenters. The van der Waals surface area contributed by atoms with Gasteiger partial charge in [0.25, 0.3) is 5.91 Å². The smallest absolute Gasteiger partial charge is 0.256 e. The molecule has 1 saturated heterocycles. The van der Waals surface area contributed by atoms with E-state index in [1.165, 1.54) is 24.1 Å². The number of aromatic nitrogens is 3. The molecule has 0 atom stereocenters. The maximum atomic E-state index is 13.5. The number of hydrogen-bond acceptors (Lipinski definition) is 4. The normalized spacial score (nSPS) is 16.7. The van der Waals surface area contributed by atoms with Crippen molar-refractivity contribution in [1.82, 2.24) is 14.8 Å². The summed E-state index contributed by atoms with van der Waals surface area (Å²) in [5, 5.41) is 8.77. The van der Waals surface area contributed by atoms with Crippen LogP contribution in [0.4, 0.5) is 11.4 Å². The monoisotopic (exact) mass is 431 g/mol. The molecule has 3 heterocycles. The fourth-order valence-corrected chi connectivity index (χ4v) is 4.79. The lowest BCUT2D eigenvalue weighted by molar-refractivity contribution is 0.102. The number of amides is 1. The van der Waals surface area contributed by atoms with Crippen molar-refractivity contribution in [1.29, 1.82) is 0 Å². The fraction of sp³-hybridized carbons (Fsp3) is 0.500. The van der Waals surface area contributed by atoms with Gasteiger partial charge in [-0.1, -0.05) is 0 Å². The second-order valence-corrected chi connectivity index (χ2v) is 10.4. The minimum atomic E-state index is -0.210. The van der Waals surface area contributed by atoms with Crippen LogP contribution in [0.3, 0.4) is 0 Å². The summed E-state index contributed by atoms with van der Waals surface area (Å²) in [7, 11) is 0. The fourth-order valence-electron chi connectivity index (χ4n) is 4.79. The summed E-state index contributed by atoms with van der Waals surface area (Å²) >= 11 is 0. The number of nitrogens with zero attached hydrogens (tertiary/aromatic N) is 4. The molecule has 1 N–H and O–H groups in total. The van der Waals surface area contributed by atoms with Gasteiger partial charge in [0.2, 0.25) is 0 Å². The molecular formula is C26H33N5O. The standard InChI is InChI=1S/C26H33N5O/c1-16-14-19(10-11-22(16)30-12-6-7-13-30)27-25(32)20-15-21(18-8-9-18)28-24-23(20)17(2)29-31(24)26(3,4)5/h10-11,14-15,18H,6-9,12-13H2,1-5H3,(H,27,32). The van der Waals surface area contributed by atoms with Crippen molar-refractivity contribution in [3.63, 3.8) is 0 Å². The third-order valence-electron chi connectivity index (χ3n) is 6.61. The van der Waals surface area contributed by atoms with Crippen LogP contribution in [0.5, 0.6) is 0 Å². The van der Waals surface area contributed by atoms with Gasteiger partial charge >= 0.3 is 0 Å². The van der Waals surface area contributed by atoms with Gasteiger partial charge in [-0.15, -0.1) is 0 Å². The first-order chi connectivity index (χ1) is 15.2. The average molecular weight is 432 g/mol. The molecule has 1 aliphatic carbocycles. The van der Waals surface area contributed by atoms with E-state index < -0.39 is 0 Å². The van der Waals surface area contributed by atoms with E-state index in [1.54, 1.807) is 0 Å². The summed E-state index contributed by atoms with van der Waals surface area (Å²) < 4.78 is 1.97. The van der Waals surface area contributed by atoms with Gasteiger partial charge in [0.05, 0.1) is 22.2 Å². The minimum Gasteiger partial charge on any atom is -0.371 e. The Kier molecular flexibility index (Phi) is 4.99. The van der Waals surface area contributed by atoms with Crippen LogP contribution in [-0.2, 0) is 5.54 Å². The predicted octanol–water partition coefficient (Wildman–Crippen LogP) is 5.53. The van der Waals surface area contributed by atoms with Crippen LogP contribution >= 0.6 is 0 Å². The highest BCUT2D eigenvalue weighted by atomic mass is 16.1. The first-order valence-electron chi connectivity index (χ1n) is 11.8. The molecule has 2 fully saturated rings. The Morgan fingerprint density at radius 1 is 1.09 bits per heavy atom. The molecule has 5 rings (SSSR count). The van der Waals surface area contributed by atoms with Crippen molar-refractivity contribution >= 4 is 28.3 Å². The maximum absolute atomic E-state index is 13.5. The van der Waals surface area contributed by atoms with Crippen molar-refractivity contribution < 1.29 is 4.79 Å². The lowest BCUT2D eigenvalue weighted by Gasteiger charge is -2.21. The minimum absolute atomic E-state index is 0.0934. The lowest BCUT2D eigenvalue weighted by atomic mass is 10.1. The Bertz CT molecular complexity index is 1190. The number of carbonyl (C=O) groups excluding carboxylic acids is 1. The molecule has 0 spiro atoms. The van der Waals surface area contributed by atoms with Gasteiger partial charge in [0.15, 0.2) is 5.65 Å². The summed E-state index contributed by atoms with van der Waals surface area (Å²) in [4.78, 5) is 20.9. The van der Waals surface area contributed by atoms with Gasteiger partial charge in [-0.3, -0.25) is 4.79 Å². The summed E-state index contributed by atoms with van der Waals surface area (Å²) in [6.45, 7) is 12.7. The molecule has 0 radical (unpaired) electrons. The number of anilines is 2. The van der Waals surface area contributed by atoms with Crippen LogP contribution in [0.2, 0.25) is 0 Å². The van der Waals surface area contributed by atoms with Crippen molar-refractivity contribution in [2.45, 2.75) is 71.8 Å². The molecule has 1 amide bonds. The van der Waals surface area contributed by atoms with E-state index in [-0.39, 0.29) is 11.4 Å². The highest BCUT2D eigenvalue weighted by Crippen LogP contribution is 2.41. The third kappa shape index (κ3) is 3.76. The quantitative estimate of drug-likeness (QED) is 0.590. The topological polar surface area (TPSA) is 63.1 Å². The number of aryl methyl sites for hydroxylation is 2. The molecule has 6 nitrogen and oxygen atoms in total. The molecule has 32 heavy (non-hydrogen) atoms. The molecule has 168 valence electrons. The number of fused-ring (bicyclic) bond motifs is 1. The highest BCUT2D eigenvalue weighted by molar-refractivity contribution is 6.12. The zero-order valence-corrected chi connectivity index (χ0v) is 19.8. The molecular weight excluding hydrogens is 398 g/mol. The third-order valence-corrected chi connectivity index (χ3v) is 6.61. The molecule has 2 aromatic heterocycles. The predicted molar refractivity (Wildman–Crippen MR) is 130 cm³/mol. The van der Waals surface area contributed by atoms with Gasteiger partial charge in [-0.25, -0.2) is 9.67 Å². The summed E-state index contributed by atoms with van der Waals surface area (Å²) in [6, 6.07) is 8.22. The first-order valence-corrected chi connectivity index (χ1v) is 11.8. The van der Waals surface area contributed by atoms with Gasteiger partial charge < -0.3 is 10.2 Å². The van der Waals surface area contributed by atoms with E-state index in [0.717, 1.165) is 54.0 Å². The van der Waals surface area contributed by atoms with Crippen LogP contribution in [0.1, 0.15) is 79.7 Å². The van der Waals surface area contributed by atoms with Gasteiger partial charge in [0, 0.05) is 36.1 Å². The zero-order valence-electron chi connectivity index (χ0n) is 19.8. The molecule has 1 saturated carbocycles. The van der Waals surface area contributed by atoms with Crippen molar-refractivity contribution in [2.75, 3.05) is 23.3 Å². The summed E-state index contributed by atoms with van der Waals surface area (Å²) in [5.41, 5.74) is 6.41. The van der Waals surface area contributed by atoms with E-state index in [1.807, 2.05) is 23.7 Å². The molecule has 0 bridgehead atoms. The summed E-state index contributed by atoms with van der Waals surface area (Å²) in [6.07, 6.45) is 4.78. The Balaban J connectivity index is 1.52. The van der Waals surface area contributed by atoms with Crippen molar-refractivity contribution in [2.24, 2.45) is 0 Å². The molecule has 3 aromatic rings. The summed E-state index contributed by atoms with van der Waals surface area (Å²) in [5.74, 6) is 0.362. The van der Waals surface area contributed by atoms with Gasteiger partial charge in [0.1, 0.15) is 0 Å². The second kappa shape index (κ2) is 7.61. The highest BCUT2D eigenvalue weighted by Gasteiger charge is 2.30. The number of rotatable bonds is 4. The van der Waals surface area contributed by atoms with Crippen LogP contribution in [0, 0.1) is 13.8 Å². The average Bonchev–Trinajstić information content (AvgIpc) is 3.33. The largest absolute Gasteiger partial charge is 0.371 e. The van der Waals surface area contributed by atoms with Crippen molar-refractivity contribution in [3.05, 3.63) is 46.8 Å². The molecule has 1 aromatic carbocycles. The van der Waals surface area contributed by atoms with Crippen LogP contribution < -0.4 is 10.2 Å². The molecule has 2 aliphatic rings. The number of pyridine rings is 1.